The summed E-state index contributed by atoms with van der Waals surface area (Å²) in [4.78, 5) is 0. The van der Waals surface area contributed by atoms with Gasteiger partial charge in [-0.1, -0.05) is 11.6 Å². The lowest BCUT2D eigenvalue weighted by Crippen LogP contribution is -2.04. The highest BCUT2D eigenvalue weighted by Gasteiger charge is 1.98. The molecule has 0 aromatic heterocycles. The molecule has 0 bridgehead atoms. The predicted molar refractivity (Wildman–Crippen MR) is 72.0 cm³/mol. The number of hydrogen-bond acceptors (Lipinski definition) is 3. The Hall–Kier alpha value is -0.540. The molecule has 2 nitrogen and oxygen atoms in total. The van der Waals surface area contributed by atoms with Crippen molar-refractivity contribution in [3.05, 3.63) is 23.2 Å². The molecule has 1 aromatic carbocycles. The fourth-order valence-corrected chi connectivity index (χ4v) is 1.96. The fraction of sp³-hybridized carbons (Fsp3) is 0.455. The number of nitrogen functional groups attached to an aromatic ring is 1. The van der Waals surface area contributed by atoms with Crippen molar-refractivity contribution < 1.29 is 0 Å². The van der Waals surface area contributed by atoms with E-state index in [4.69, 9.17) is 17.3 Å². The largest absolute Gasteiger partial charge is 0.397 e. The van der Waals surface area contributed by atoms with Gasteiger partial charge in [-0.15, -0.1) is 0 Å². The van der Waals surface area contributed by atoms with E-state index in [1.165, 1.54) is 18.6 Å². The minimum atomic E-state index is 0.681. The van der Waals surface area contributed by atoms with Crippen LogP contribution in [-0.4, -0.2) is 18.6 Å². The molecule has 0 unspecified atom stereocenters. The second-order valence-corrected chi connectivity index (χ2v) is 4.78. The van der Waals surface area contributed by atoms with Gasteiger partial charge in [-0.25, -0.2) is 0 Å². The van der Waals surface area contributed by atoms with Crippen LogP contribution in [0.25, 0.3) is 0 Å². The predicted octanol–water partition coefficient (Wildman–Crippen LogP) is 3.48. The number of thioether (sulfide) groups is 1. The number of nitrogens with two attached hydrogens (primary N) is 1. The van der Waals surface area contributed by atoms with Gasteiger partial charge in [-0.2, -0.15) is 11.8 Å². The minimum Gasteiger partial charge on any atom is -0.397 e. The number of anilines is 2. The molecule has 0 radical (unpaired) electrons. The molecular formula is C11H17ClN2S. The molecule has 0 heterocycles. The molecule has 0 amide bonds. The molecule has 15 heavy (non-hydrogen) atoms. The van der Waals surface area contributed by atoms with Gasteiger partial charge >= 0.3 is 0 Å². The minimum absolute atomic E-state index is 0.681. The molecule has 0 saturated carbocycles. The van der Waals surface area contributed by atoms with Crippen LogP contribution in [0.5, 0.6) is 0 Å². The summed E-state index contributed by atoms with van der Waals surface area (Å²) in [5, 5.41) is 3.99. The smallest absolute Gasteiger partial charge is 0.0574 e. The standard InChI is InChI=1S/C11H17ClN2S/c1-15-7-3-2-6-14-11-5-4-9(12)8-10(11)13/h4-5,8,14H,2-3,6-7,13H2,1H3. The van der Waals surface area contributed by atoms with E-state index >= 15 is 0 Å². The van der Waals surface area contributed by atoms with Gasteiger partial charge in [0.15, 0.2) is 0 Å². The van der Waals surface area contributed by atoms with Crippen molar-refractivity contribution in [2.45, 2.75) is 12.8 Å². The van der Waals surface area contributed by atoms with Gasteiger partial charge < -0.3 is 11.1 Å². The van der Waals surface area contributed by atoms with Crippen LogP contribution >= 0.6 is 23.4 Å². The lowest BCUT2D eigenvalue weighted by Gasteiger charge is -2.09. The number of nitrogens with one attached hydrogen (secondary N) is 1. The summed E-state index contributed by atoms with van der Waals surface area (Å²) in [5.74, 6) is 1.22. The Kier molecular flexibility index (Phi) is 5.73. The van der Waals surface area contributed by atoms with Crippen LogP contribution in [-0.2, 0) is 0 Å². The van der Waals surface area contributed by atoms with Crippen molar-refractivity contribution in [3.63, 3.8) is 0 Å². The van der Waals surface area contributed by atoms with E-state index in [9.17, 15) is 0 Å². The molecule has 1 rings (SSSR count). The van der Waals surface area contributed by atoms with Gasteiger partial charge in [0.05, 0.1) is 11.4 Å². The van der Waals surface area contributed by atoms with E-state index in [2.05, 4.69) is 11.6 Å². The maximum absolute atomic E-state index is 5.81. The third-order valence-electron chi connectivity index (χ3n) is 2.10. The zero-order chi connectivity index (χ0) is 11.1. The van der Waals surface area contributed by atoms with Crippen LogP contribution in [0.4, 0.5) is 11.4 Å². The average molecular weight is 245 g/mol. The highest BCUT2D eigenvalue weighted by molar-refractivity contribution is 7.98. The second-order valence-electron chi connectivity index (χ2n) is 3.36. The van der Waals surface area contributed by atoms with E-state index < -0.39 is 0 Å². The number of benzene rings is 1. The van der Waals surface area contributed by atoms with E-state index in [0.717, 1.165) is 12.2 Å². The maximum Gasteiger partial charge on any atom is 0.0574 e. The zero-order valence-electron chi connectivity index (χ0n) is 8.92. The van der Waals surface area contributed by atoms with Crippen LogP contribution in [0.1, 0.15) is 12.8 Å². The Morgan fingerprint density at radius 2 is 2.20 bits per heavy atom. The third-order valence-corrected chi connectivity index (χ3v) is 3.04. The molecule has 3 N–H and O–H groups in total. The van der Waals surface area contributed by atoms with Crippen molar-refractivity contribution in [2.75, 3.05) is 29.6 Å². The Morgan fingerprint density at radius 3 is 2.87 bits per heavy atom. The van der Waals surface area contributed by atoms with Gasteiger partial charge in [-0.3, -0.25) is 0 Å². The highest BCUT2D eigenvalue weighted by atomic mass is 35.5. The maximum atomic E-state index is 5.81. The summed E-state index contributed by atoms with van der Waals surface area (Å²) in [6.45, 7) is 0.965. The lowest BCUT2D eigenvalue weighted by atomic mass is 10.2. The van der Waals surface area contributed by atoms with Crippen molar-refractivity contribution in [3.8, 4) is 0 Å². The van der Waals surface area contributed by atoms with Crippen LogP contribution in [0.3, 0.4) is 0 Å². The number of halogens is 1. The summed E-state index contributed by atoms with van der Waals surface area (Å²) in [6.07, 6.45) is 4.54. The monoisotopic (exact) mass is 244 g/mol. The molecule has 0 atom stereocenters. The first-order valence-electron chi connectivity index (χ1n) is 5.02. The van der Waals surface area contributed by atoms with E-state index in [-0.39, 0.29) is 0 Å². The zero-order valence-corrected chi connectivity index (χ0v) is 10.5. The van der Waals surface area contributed by atoms with Gasteiger partial charge in [0.2, 0.25) is 0 Å². The first-order valence-corrected chi connectivity index (χ1v) is 6.79. The van der Waals surface area contributed by atoms with E-state index in [1.807, 2.05) is 23.9 Å². The molecular weight excluding hydrogens is 228 g/mol. The molecule has 0 saturated heterocycles. The summed E-state index contributed by atoms with van der Waals surface area (Å²) < 4.78 is 0. The molecule has 4 heteroatoms. The average Bonchev–Trinajstić information content (AvgIpc) is 2.20. The Morgan fingerprint density at radius 1 is 1.40 bits per heavy atom. The Labute approximate surface area is 101 Å². The van der Waals surface area contributed by atoms with Crippen LogP contribution < -0.4 is 11.1 Å². The van der Waals surface area contributed by atoms with Gasteiger partial charge in [-0.05, 0) is 43.0 Å². The Bertz CT molecular complexity index is 305. The summed E-state index contributed by atoms with van der Waals surface area (Å²) in [5.41, 5.74) is 7.50. The van der Waals surface area contributed by atoms with Crippen LogP contribution in [0.2, 0.25) is 5.02 Å². The highest BCUT2D eigenvalue weighted by Crippen LogP contribution is 2.22. The van der Waals surface area contributed by atoms with Crippen LogP contribution in [0, 0.1) is 0 Å². The molecule has 84 valence electrons. The topological polar surface area (TPSA) is 38.0 Å². The van der Waals surface area contributed by atoms with Gasteiger partial charge in [0.25, 0.3) is 0 Å². The van der Waals surface area contributed by atoms with E-state index in [0.29, 0.717) is 10.7 Å². The number of hydrogen-bond donors (Lipinski definition) is 2. The second kappa shape index (κ2) is 6.85. The Balaban J connectivity index is 2.31. The van der Waals surface area contributed by atoms with Crippen molar-refractivity contribution >= 4 is 34.7 Å². The normalized spacial score (nSPS) is 10.3. The third kappa shape index (κ3) is 4.67. The summed E-state index contributed by atoms with van der Waals surface area (Å²) >= 11 is 7.69. The van der Waals surface area contributed by atoms with Gasteiger partial charge in [0.1, 0.15) is 0 Å². The molecule has 0 aliphatic rings. The van der Waals surface area contributed by atoms with Gasteiger partial charge in [0, 0.05) is 11.6 Å². The quantitative estimate of drug-likeness (QED) is 0.595. The van der Waals surface area contributed by atoms with Crippen LogP contribution in [0.15, 0.2) is 18.2 Å². The summed E-state index contributed by atoms with van der Waals surface area (Å²) in [6, 6.07) is 5.54. The first-order chi connectivity index (χ1) is 7.24. The molecule has 0 spiro atoms. The molecule has 0 aliphatic heterocycles. The van der Waals surface area contributed by atoms with Crippen molar-refractivity contribution in [1.29, 1.82) is 0 Å². The fourth-order valence-electron chi connectivity index (χ4n) is 1.29. The van der Waals surface area contributed by atoms with Crippen molar-refractivity contribution in [2.24, 2.45) is 0 Å². The summed E-state index contributed by atoms with van der Waals surface area (Å²) in [7, 11) is 0. The molecule has 0 fully saturated rings. The molecule has 0 aliphatic carbocycles. The lowest BCUT2D eigenvalue weighted by molar-refractivity contribution is 0.843. The van der Waals surface area contributed by atoms with E-state index in [1.54, 1.807) is 6.07 Å². The number of rotatable bonds is 6. The molecule has 1 aromatic rings. The van der Waals surface area contributed by atoms with Crippen molar-refractivity contribution in [1.82, 2.24) is 0 Å². The number of unbranched alkanes of at least 4 members (excludes halogenated alkanes) is 1. The first kappa shape index (κ1) is 12.5. The SMILES string of the molecule is CSCCCCNc1ccc(Cl)cc1N.